The summed E-state index contributed by atoms with van der Waals surface area (Å²) in [4.78, 5) is 22.0. The van der Waals surface area contributed by atoms with Gasteiger partial charge in [-0.25, -0.2) is 5.43 Å². The first-order valence-electron chi connectivity index (χ1n) is 6.60. The maximum atomic E-state index is 11.8. The molecule has 3 N–H and O–H groups in total. The summed E-state index contributed by atoms with van der Waals surface area (Å²) in [6.45, 7) is 0. The highest BCUT2D eigenvalue weighted by atomic mass is 16.6. The molecule has 0 spiro atoms. The lowest BCUT2D eigenvalue weighted by Crippen LogP contribution is -2.17. The van der Waals surface area contributed by atoms with Crippen molar-refractivity contribution in [1.29, 1.82) is 0 Å². The van der Waals surface area contributed by atoms with Gasteiger partial charge in [0.15, 0.2) is 11.5 Å². The van der Waals surface area contributed by atoms with E-state index in [0.29, 0.717) is 0 Å². The van der Waals surface area contributed by atoms with E-state index in [1.807, 2.05) is 0 Å². The molecule has 1 amide bonds. The van der Waals surface area contributed by atoms with Gasteiger partial charge in [0.25, 0.3) is 11.6 Å². The summed E-state index contributed by atoms with van der Waals surface area (Å²) < 4.78 is 4.86. The Morgan fingerprint density at radius 3 is 2.54 bits per heavy atom. The van der Waals surface area contributed by atoms with Gasteiger partial charge in [-0.05, 0) is 24.3 Å². The van der Waals surface area contributed by atoms with Gasteiger partial charge < -0.3 is 14.9 Å². The largest absolute Gasteiger partial charge is 0.508 e. The molecule has 124 valence electrons. The van der Waals surface area contributed by atoms with Crippen molar-refractivity contribution in [2.75, 3.05) is 7.11 Å². The summed E-state index contributed by atoms with van der Waals surface area (Å²) in [5, 5.41) is 33.6. The third kappa shape index (κ3) is 3.77. The smallest absolute Gasteiger partial charge is 0.274 e. The molecule has 9 heteroatoms. The van der Waals surface area contributed by atoms with Gasteiger partial charge in [-0.1, -0.05) is 0 Å². The van der Waals surface area contributed by atoms with Crippen molar-refractivity contribution in [3.63, 3.8) is 0 Å². The number of aromatic hydroxyl groups is 2. The maximum Gasteiger partial charge on any atom is 0.274 e. The lowest BCUT2D eigenvalue weighted by atomic mass is 10.1. The van der Waals surface area contributed by atoms with E-state index in [9.17, 15) is 20.0 Å². The average Bonchev–Trinajstić information content (AvgIpc) is 2.56. The lowest BCUT2D eigenvalue weighted by Gasteiger charge is -2.06. The fourth-order valence-corrected chi connectivity index (χ4v) is 1.81. The summed E-state index contributed by atoms with van der Waals surface area (Å²) in [5.74, 6) is -0.965. The van der Waals surface area contributed by atoms with E-state index in [-0.39, 0.29) is 34.1 Å². The first kappa shape index (κ1) is 16.7. The van der Waals surface area contributed by atoms with Crippen molar-refractivity contribution in [3.8, 4) is 17.2 Å². The molecule has 0 saturated heterocycles. The molecule has 0 aromatic heterocycles. The zero-order chi connectivity index (χ0) is 17.7. The van der Waals surface area contributed by atoms with Crippen molar-refractivity contribution in [2.45, 2.75) is 0 Å². The van der Waals surface area contributed by atoms with Crippen molar-refractivity contribution in [3.05, 3.63) is 57.6 Å². The Bertz CT molecular complexity index is 802. The van der Waals surface area contributed by atoms with Crippen LogP contribution >= 0.6 is 0 Å². The van der Waals surface area contributed by atoms with Gasteiger partial charge in [0.05, 0.1) is 24.3 Å². The number of hydrogen-bond acceptors (Lipinski definition) is 7. The molecule has 0 aliphatic heterocycles. The molecule has 0 saturated carbocycles. The normalized spacial score (nSPS) is 10.5. The number of benzene rings is 2. The highest BCUT2D eigenvalue weighted by Gasteiger charge is 2.15. The van der Waals surface area contributed by atoms with E-state index in [1.165, 1.54) is 31.4 Å². The fraction of sp³-hybridized carbons (Fsp3) is 0.0667. The molecule has 0 aliphatic carbocycles. The molecule has 2 rings (SSSR count). The summed E-state index contributed by atoms with van der Waals surface area (Å²) in [6.07, 6.45) is 1.06. The quantitative estimate of drug-likeness (QED) is 0.434. The molecule has 0 radical (unpaired) electrons. The van der Waals surface area contributed by atoms with Crippen molar-refractivity contribution in [1.82, 2.24) is 5.43 Å². The molecule has 0 aliphatic rings. The minimum absolute atomic E-state index is 0.00653. The van der Waals surface area contributed by atoms with E-state index in [1.54, 1.807) is 0 Å². The fourth-order valence-electron chi connectivity index (χ4n) is 1.81. The minimum Gasteiger partial charge on any atom is -0.508 e. The van der Waals surface area contributed by atoms with Crippen LogP contribution in [0.25, 0.3) is 0 Å². The van der Waals surface area contributed by atoms with Crippen LogP contribution in [0.2, 0.25) is 0 Å². The third-order valence-corrected chi connectivity index (χ3v) is 3.02. The summed E-state index contributed by atoms with van der Waals surface area (Å²) in [5.41, 5.74) is 2.17. The molecule has 2 aromatic carbocycles. The number of nitro benzene ring substituents is 1. The number of methoxy groups -OCH3 is 1. The maximum absolute atomic E-state index is 11.8. The van der Waals surface area contributed by atoms with E-state index in [4.69, 9.17) is 9.84 Å². The predicted molar refractivity (Wildman–Crippen MR) is 84.5 cm³/mol. The van der Waals surface area contributed by atoms with Crippen molar-refractivity contribution < 1.29 is 24.7 Å². The Labute approximate surface area is 136 Å². The van der Waals surface area contributed by atoms with Gasteiger partial charge in [0.1, 0.15) is 5.75 Å². The molecule has 0 fully saturated rings. The van der Waals surface area contributed by atoms with E-state index >= 15 is 0 Å². The molecule has 0 heterocycles. The summed E-state index contributed by atoms with van der Waals surface area (Å²) in [6, 6.07) is 7.64. The number of phenolic OH excluding ortho intramolecular Hbond substituents is 2. The second-order valence-corrected chi connectivity index (χ2v) is 4.59. The number of hydrazone groups is 1. The first-order valence-corrected chi connectivity index (χ1v) is 6.60. The molecular formula is C15H13N3O6. The Kier molecular flexibility index (Phi) is 4.95. The standard InChI is InChI=1S/C15H13N3O6/c1-24-13-7-11(18(22)23)6-10(14(13)20)8-16-17-15(21)9-2-4-12(19)5-3-9/h2-8,19-20H,1H3,(H,17,21)/b16-8-. The molecule has 9 nitrogen and oxygen atoms in total. The number of carbonyl (C=O) groups excluding carboxylic acids is 1. The van der Waals surface area contributed by atoms with Crippen LogP contribution in [0.4, 0.5) is 5.69 Å². The van der Waals surface area contributed by atoms with Crippen LogP contribution in [0.1, 0.15) is 15.9 Å². The number of amides is 1. The zero-order valence-corrected chi connectivity index (χ0v) is 12.5. The van der Waals surface area contributed by atoms with Crippen molar-refractivity contribution in [2.24, 2.45) is 5.10 Å². The van der Waals surface area contributed by atoms with E-state index in [0.717, 1.165) is 18.3 Å². The molecule has 2 aromatic rings. The monoisotopic (exact) mass is 331 g/mol. The number of nitrogens with zero attached hydrogens (tertiary/aromatic N) is 2. The van der Waals surface area contributed by atoms with Crippen LogP contribution in [0.3, 0.4) is 0 Å². The predicted octanol–water partition coefficient (Wildman–Crippen LogP) is 1.78. The van der Waals surface area contributed by atoms with Crippen LogP contribution in [0, 0.1) is 10.1 Å². The van der Waals surface area contributed by atoms with Gasteiger partial charge in [0.2, 0.25) is 0 Å². The highest BCUT2D eigenvalue weighted by molar-refractivity contribution is 5.95. The van der Waals surface area contributed by atoms with Crippen molar-refractivity contribution >= 4 is 17.8 Å². The third-order valence-electron chi connectivity index (χ3n) is 3.02. The number of nitrogens with one attached hydrogen (secondary N) is 1. The highest BCUT2D eigenvalue weighted by Crippen LogP contribution is 2.33. The van der Waals surface area contributed by atoms with Gasteiger partial charge >= 0.3 is 0 Å². The van der Waals surface area contributed by atoms with Crippen LogP contribution in [-0.2, 0) is 0 Å². The van der Waals surface area contributed by atoms with Gasteiger partial charge in [-0.2, -0.15) is 5.10 Å². The Morgan fingerprint density at radius 2 is 1.96 bits per heavy atom. The number of rotatable bonds is 5. The molecule has 0 bridgehead atoms. The number of carbonyl (C=O) groups is 1. The second kappa shape index (κ2) is 7.09. The van der Waals surface area contributed by atoms with Crippen LogP contribution < -0.4 is 10.2 Å². The van der Waals surface area contributed by atoms with Gasteiger partial charge in [-0.3, -0.25) is 14.9 Å². The summed E-state index contributed by atoms with van der Waals surface area (Å²) >= 11 is 0. The molecular weight excluding hydrogens is 318 g/mol. The van der Waals surface area contributed by atoms with E-state index in [2.05, 4.69) is 10.5 Å². The van der Waals surface area contributed by atoms with Gasteiger partial charge in [0, 0.05) is 17.2 Å². The number of hydrogen-bond donors (Lipinski definition) is 3. The van der Waals surface area contributed by atoms with E-state index < -0.39 is 10.8 Å². The Balaban J connectivity index is 2.19. The van der Waals surface area contributed by atoms with Gasteiger partial charge in [-0.15, -0.1) is 0 Å². The second-order valence-electron chi connectivity index (χ2n) is 4.59. The molecule has 0 unspecified atom stereocenters. The lowest BCUT2D eigenvalue weighted by molar-refractivity contribution is -0.385. The van der Waals surface area contributed by atoms with Crippen LogP contribution in [0.15, 0.2) is 41.5 Å². The number of non-ortho nitro benzene ring substituents is 1. The minimum atomic E-state index is -0.645. The zero-order valence-electron chi connectivity index (χ0n) is 12.5. The Hall–Kier alpha value is -3.62. The molecule has 0 atom stereocenters. The first-order chi connectivity index (χ1) is 11.4. The number of ether oxygens (including phenoxy) is 1. The molecule has 24 heavy (non-hydrogen) atoms. The average molecular weight is 331 g/mol. The summed E-state index contributed by atoms with van der Waals surface area (Å²) in [7, 11) is 1.26. The number of nitro groups is 1. The topological polar surface area (TPSA) is 134 Å². The number of phenols is 2. The Morgan fingerprint density at radius 1 is 1.29 bits per heavy atom. The SMILES string of the molecule is COc1cc([N+](=O)[O-])cc(/C=N\NC(=O)c2ccc(O)cc2)c1O. The van der Waals surface area contributed by atoms with Crippen LogP contribution in [-0.4, -0.2) is 34.4 Å². The van der Waals surface area contributed by atoms with Crippen LogP contribution in [0.5, 0.6) is 17.2 Å².